The van der Waals surface area contributed by atoms with Crippen molar-refractivity contribution in [3.63, 3.8) is 0 Å². The van der Waals surface area contributed by atoms with E-state index in [0.29, 0.717) is 24.1 Å². The Morgan fingerprint density at radius 3 is 2.69 bits per heavy atom. The maximum Gasteiger partial charge on any atom is 0.256 e. The van der Waals surface area contributed by atoms with Crippen LogP contribution in [0.4, 0.5) is 0 Å². The molecule has 0 saturated carbocycles. The summed E-state index contributed by atoms with van der Waals surface area (Å²) >= 11 is 7.49. The lowest BCUT2D eigenvalue weighted by molar-refractivity contribution is 0.261. The lowest BCUT2D eigenvalue weighted by Gasteiger charge is -2.29. The van der Waals surface area contributed by atoms with Gasteiger partial charge in [-0.2, -0.15) is 0 Å². The average molecular weight is 426 g/mol. The molecule has 0 bridgehead atoms. The van der Waals surface area contributed by atoms with Gasteiger partial charge in [-0.1, -0.05) is 59.8 Å². The van der Waals surface area contributed by atoms with Crippen LogP contribution in [0.2, 0.25) is 5.15 Å². The Hall–Kier alpha value is -2.70. The zero-order valence-electron chi connectivity index (χ0n) is 15.9. The molecule has 1 aromatic carbocycles. The number of thioether (sulfide) groups is 1. The maximum atomic E-state index is 12.8. The molecule has 3 aromatic rings. The first-order chi connectivity index (χ1) is 14.1. The first-order valence-electron chi connectivity index (χ1n) is 9.18. The van der Waals surface area contributed by atoms with Crippen molar-refractivity contribution in [2.75, 3.05) is 0 Å². The summed E-state index contributed by atoms with van der Waals surface area (Å²) in [6.45, 7) is 3.11. The molecule has 7 heteroatoms. The Kier molecular flexibility index (Phi) is 5.92. The molecule has 1 atom stereocenters. The predicted octanol–water partition coefficient (Wildman–Crippen LogP) is 5.04. The number of benzene rings is 1. The van der Waals surface area contributed by atoms with E-state index >= 15 is 0 Å². The highest BCUT2D eigenvalue weighted by Gasteiger charge is 2.27. The van der Waals surface area contributed by atoms with Crippen molar-refractivity contribution in [2.45, 2.75) is 25.6 Å². The number of allylic oxidation sites excluding steroid dienone is 1. The van der Waals surface area contributed by atoms with Crippen LogP contribution >= 0.6 is 23.4 Å². The molecule has 1 unspecified atom stereocenters. The zero-order valence-corrected chi connectivity index (χ0v) is 17.4. The van der Waals surface area contributed by atoms with E-state index < -0.39 is 0 Å². The molecule has 4 rings (SSSR count). The molecule has 5 nitrogen and oxygen atoms in total. The van der Waals surface area contributed by atoms with Crippen molar-refractivity contribution < 1.29 is 4.74 Å². The van der Waals surface area contributed by atoms with E-state index in [2.05, 4.69) is 15.3 Å². The van der Waals surface area contributed by atoms with Gasteiger partial charge in [0.15, 0.2) is 5.50 Å². The quantitative estimate of drug-likeness (QED) is 0.517. The Balaban J connectivity index is 1.49. The number of halogens is 1. The third kappa shape index (κ3) is 4.66. The van der Waals surface area contributed by atoms with Crippen molar-refractivity contribution >= 4 is 23.4 Å². The zero-order chi connectivity index (χ0) is 20.2. The fraction of sp³-hybridized carbons (Fsp3) is 0.182. The lowest BCUT2D eigenvalue weighted by Crippen LogP contribution is -2.32. The SMILES string of the molecule is CC1=CSC(n2ccc(OCc3ccccc3)cc2=O)N1Cc1ccc(Cl)nc1. The summed E-state index contributed by atoms with van der Waals surface area (Å²) in [5.74, 6) is 0.566. The molecular weight excluding hydrogens is 406 g/mol. The van der Waals surface area contributed by atoms with Crippen LogP contribution in [0.25, 0.3) is 0 Å². The van der Waals surface area contributed by atoms with Gasteiger partial charge in [-0.3, -0.25) is 9.36 Å². The van der Waals surface area contributed by atoms with Gasteiger partial charge in [0, 0.05) is 30.7 Å². The van der Waals surface area contributed by atoms with Crippen LogP contribution in [0.3, 0.4) is 0 Å². The molecule has 3 heterocycles. The predicted molar refractivity (Wildman–Crippen MR) is 117 cm³/mol. The third-order valence-corrected chi connectivity index (χ3v) is 6.05. The van der Waals surface area contributed by atoms with Gasteiger partial charge in [0.1, 0.15) is 17.5 Å². The molecule has 0 N–H and O–H groups in total. The van der Waals surface area contributed by atoms with Crippen molar-refractivity contribution in [3.8, 4) is 5.75 Å². The largest absolute Gasteiger partial charge is 0.489 e. The van der Waals surface area contributed by atoms with Gasteiger partial charge < -0.3 is 9.64 Å². The minimum Gasteiger partial charge on any atom is -0.489 e. The highest BCUT2D eigenvalue weighted by Crippen LogP contribution is 2.39. The number of rotatable bonds is 6. The number of nitrogens with zero attached hydrogens (tertiary/aromatic N) is 3. The highest BCUT2D eigenvalue weighted by molar-refractivity contribution is 8.02. The molecule has 0 spiro atoms. The molecule has 148 valence electrons. The molecular formula is C22H20ClN3O2S. The monoisotopic (exact) mass is 425 g/mol. The van der Waals surface area contributed by atoms with Crippen LogP contribution in [-0.2, 0) is 13.2 Å². The van der Waals surface area contributed by atoms with Crippen LogP contribution in [-0.4, -0.2) is 14.5 Å². The van der Waals surface area contributed by atoms with Crippen molar-refractivity contribution in [2.24, 2.45) is 0 Å². The van der Waals surface area contributed by atoms with Crippen LogP contribution in [0.15, 0.2) is 82.9 Å². The number of aromatic nitrogens is 2. The summed E-state index contributed by atoms with van der Waals surface area (Å²) in [7, 11) is 0. The molecule has 1 aliphatic heterocycles. The summed E-state index contributed by atoms with van der Waals surface area (Å²) in [5, 5.41) is 2.54. The first-order valence-corrected chi connectivity index (χ1v) is 10.5. The summed E-state index contributed by atoms with van der Waals surface area (Å²) in [6, 6.07) is 17.0. The fourth-order valence-electron chi connectivity index (χ4n) is 3.07. The number of ether oxygens (including phenoxy) is 1. The van der Waals surface area contributed by atoms with Crippen molar-refractivity contribution in [3.05, 3.63) is 105 Å². The van der Waals surface area contributed by atoms with E-state index in [1.54, 1.807) is 40.9 Å². The lowest BCUT2D eigenvalue weighted by atomic mass is 10.2. The Bertz CT molecular complexity index is 1070. The van der Waals surface area contributed by atoms with Crippen molar-refractivity contribution in [1.82, 2.24) is 14.5 Å². The van der Waals surface area contributed by atoms with E-state index in [-0.39, 0.29) is 11.1 Å². The van der Waals surface area contributed by atoms with Gasteiger partial charge in [0.2, 0.25) is 0 Å². The fourth-order valence-corrected chi connectivity index (χ4v) is 4.33. The molecule has 0 fully saturated rings. The van der Waals surface area contributed by atoms with E-state index in [1.807, 2.05) is 49.4 Å². The first kappa shape index (κ1) is 19.6. The minimum atomic E-state index is -0.152. The smallest absolute Gasteiger partial charge is 0.256 e. The van der Waals surface area contributed by atoms with Gasteiger partial charge >= 0.3 is 0 Å². The Morgan fingerprint density at radius 2 is 1.97 bits per heavy atom. The number of pyridine rings is 2. The average Bonchev–Trinajstić information content (AvgIpc) is 3.09. The molecule has 0 radical (unpaired) electrons. The standard InChI is InChI=1S/C22H20ClN3O2S/c1-16-15-29-22(26(16)13-18-7-8-20(23)24-12-18)25-10-9-19(11-21(25)27)28-14-17-5-3-2-4-6-17/h2-12,15,22H,13-14H2,1H3. The Labute approximate surface area is 178 Å². The third-order valence-electron chi connectivity index (χ3n) is 4.63. The van der Waals surface area contributed by atoms with Gasteiger partial charge in [-0.15, -0.1) is 0 Å². The summed E-state index contributed by atoms with van der Waals surface area (Å²) in [5.41, 5.74) is 2.94. The maximum absolute atomic E-state index is 12.8. The van der Waals surface area contributed by atoms with Gasteiger partial charge in [-0.25, -0.2) is 4.98 Å². The minimum absolute atomic E-state index is 0.101. The number of hydrogen-bond acceptors (Lipinski definition) is 5. The second-order valence-corrected chi connectivity index (χ2v) is 8.04. The molecule has 0 aliphatic carbocycles. The van der Waals surface area contributed by atoms with Crippen molar-refractivity contribution in [1.29, 1.82) is 0 Å². The summed E-state index contributed by atoms with van der Waals surface area (Å²) in [6.07, 6.45) is 3.55. The van der Waals surface area contributed by atoms with Gasteiger partial charge in [-0.05, 0) is 35.6 Å². The summed E-state index contributed by atoms with van der Waals surface area (Å²) in [4.78, 5) is 19.1. The molecule has 0 saturated heterocycles. The van der Waals surface area contributed by atoms with Crippen LogP contribution in [0.1, 0.15) is 23.5 Å². The summed E-state index contributed by atoms with van der Waals surface area (Å²) < 4.78 is 7.50. The second-order valence-electron chi connectivity index (χ2n) is 6.72. The topological polar surface area (TPSA) is 47.4 Å². The molecule has 2 aromatic heterocycles. The van der Waals surface area contributed by atoms with E-state index in [0.717, 1.165) is 16.8 Å². The number of hydrogen-bond donors (Lipinski definition) is 0. The Morgan fingerprint density at radius 1 is 1.14 bits per heavy atom. The van der Waals surface area contributed by atoms with E-state index in [9.17, 15) is 4.79 Å². The van der Waals surface area contributed by atoms with Crippen LogP contribution < -0.4 is 10.3 Å². The van der Waals surface area contributed by atoms with Gasteiger partial charge in [0.25, 0.3) is 5.56 Å². The normalized spacial score (nSPS) is 16.0. The van der Waals surface area contributed by atoms with E-state index in [1.165, 1.54) is 0 Å². The van der Waals surface area contributed by atoms with Crippen LogP contribution in [0, 0.1) is 0 Å². The molecule has 0 amide bonds. The van der Waals surface area contributed by atoms with Gasteiger partial charge in [0.05, 0.1) is 0 Å². The van der Waals surface area contributed by atoms with Crippen LogP contribution in [0.5, 0.6) is 5.75 Å². The molecule has 29 heavy (non-hydrogen) atoms. The molecule has 1 aliphatic rings. The van der Waals surface area contributed by atoms with E-state index in [4.69, 9.17) is 16.3 Å². The highest BCUT2D eigenvalue weighted by atomic mass is 35.5. The second kappa shape index (κ2) is 8.76.